The molecule has 3 rings (SSSR count). The van der Waals surface area contributed by atoms with E-state index in [1.54, 1.807) is 12.1 Å². The van der Waals surface area contributed by atoms with Gasteiger partial charge in [0.2, 0.25) is 5.69 Å². The Balaban J connectivity index is 0.000000234. The van der Waals surface area contributed by atoms with E-state index in [9.17, 15) is 13.0 Å². The van der Waals surface area contributed by atoms with E-state index < -0.39 is 10.1 Å². The van der Waals surface area contributed by atoms with Crippen molar-refractivity contribution in [1.29, 1.82) is 0 Å². The van der Waals surface area contributed by atoms with Gasteiger partial charge in [-0.15, -0.1) is 0 Å². The third-order valence-corrected chi connectivity index (χ3v) is 5.11. The van der Waals surface area contributed by atoms with Gasteiger partial charge in [-0.05, 0) is 48.9 Å². The van der Waals surface area contributed by atoms with Crippen molar-refractivity contribution in [2.75, 3.05) is 19.0 Å². The van der Waals surface area contributed by atoms with Crippen molar-refractivity contribution in [3.8, 4) is 0 Å². The van der Waals surface area contributed by atoms with Crippen LogP contribution in [0.15, 0.2) is 77.8 Å². The number of hydrogen-bond donors (Lipinski definition) is 0. The van der Waals surface area contributed by atoms with E-state index in [4.69, 9.17) is 0 Å². The van der Waals surface area contributed by atoms with Gasteiger partial charge in [0, 0.05) is 38.0 Å². The summed E-state index contributed by atoms with van der Waals surface area (Å²) < 4.78 is 33.3. The number of nitrogens with zero attached hydrogens (tertiary/aromatic N) is 2. The van der Waals surface area contributed by atoms with E-state index in [-0.39, 0.29) is 4.90 Å². The molecule has 152 valence electrons. The van der Waals surface area contributed by atoms with Crippen molar-refractivity contribution in [2.45, 2.75) is 11.8 Å². The highest BCUT2D eigenvalue weighted by Crippen LogP contribution is 2.14. The van der Waals surface area contributed by atoms with E-state index in [1.807, 2.05) is 13.0 Å². The van der Waals surface area contributed by atoms with E-state index in [1.165, 1.54) is 29.1 Å². The van der Waals surface area contributed by atoms with Gasteiger partial charge in [-0.25, -0.2) is 13.0 Å². The number of rotatable bonds is 4. The molecular formula is C23H26N2O3S. The van der Waals surface area contributed by atoms with Crippen molar-refractivity contribution >= 4 is 28.0 Å². The van der Waals surface area contributed by atoms with Gasteiger partial charge in [-0.2, -0.15) is 0 Å². The van der Waals surface area contributed by atoms with Crippen molar-refractivity contribution in [3.05, 3.63) is 89.7 Å². The number of hydrogen-bond acceptors (Lipinski definition) is 4. The zero-order chi connectivity index (χ0) is 21.4. The second kappa shape index (κ2) is 10.0. The molecule has 29 heavy (non-hydrogen) atoms. The van der Waals surface area contributed by atoms with Crippen molar-refractivity contribution in [1.82, 2.24) is 0 Å². The summed E-state index contributed by atoms with van der Waals surface area (Å²) in [5, 5.41) is 0. The van der Waals surface area contributed by atoms with Crippen LogP contribution in [-0.4, -0.2) is 27.1 Å². The van der Waals surface area contributed by atoms with Gasteiger partial charge >= 0.3 is 0 Å². The lowest BCUT2D eigenvalue weighted by molar-refractivity contribution is -0.673. The van der Waals surface area contributed by atoms with Crippen LogP contribution in [0.3, 0.4) is 0 Å². The number of aryl methyl sites for hydroxylation is 2. The summed E-state index contributed by atoms with van der Waals surface area (Å²) >= 11 is 0. The lowest BCUT2D eigenvalue weighted by Crippen LogP contribution is -2.30. The molecule has 3 aromatic rings. The van der Waals surface area contributed by atoms with E-state index in [0.29, 0.717) is 0 Å². The Kier molecular flexibility index (Phi) is 7.70. The molecule has 0 atom stereocenters. The number of aromatic nitrogens is 1. The predicted molar refractivity (Wildman–Crippen MR) is 116 cm³/mol. The maximum atomic E-state index is 10.4. The fourth-order valence-electron chi connectivity index (χ4n) is 2.48. The second-order valence-corrected chi connectivity index (χ2v) is 8.20. The molecule has 0 aliphatic heterocycles. The Hall–Kier alpha value is -2.96. The molecule has 6 heteroatoms. The highest BCUT2D eigenvalue weighted by molar-refractivity contribution is 7.85. The maximum absolute atomic E-state index is 10.4. The Bertz CT molecular complexity index is 1060. The van der Waals surface area contributed by atoms with Crippen LogP contribution in [0.5, 0.6) is 0 Å². The average Bonchev–Trinajstić information content (AvgIpc) is 2.68. The Morgan fingerprint density at radius 2 is 1.52 bits per heavy atom. The standard InChI is InChI=1S/C16H19N2.C7H8O3S/c1-17(2)15-10-7-14(8-11-15)9-12-16-6-4-5-13-18(16)3;1-6-2-4-7(5-3-6)11(8,9)10/h4-13H,1-3H3;2-5H,1H3,(H,8,9,10)/q+1;/p-1. The third-order valence-electron chi connectivity index (χ3n) is 4.26. The number of anilines is 1. The summed E-state index contributed by atoms with van der Waals surface area (Å²) in [6.07, 6.45) is 6.31. The SMILES string of the molecule is CN(C)c1ccc(C=Cc2cccc[n+]2C)cc1.Cc1ccc(S(=O)(=O)[O-])cc1. The minimum atomic E-state index is -4.27. The Morgan fingerprint density at radius 3 is 2.03 bits per heavy atom. The van der Waals surface area contributed by atoms with Gasteiger partial charge in [0.1, 0.15) is 17.2 Å². The third kappa shape index (κ3) is 7.18. The molecule has 5 nitrogen and oxygen atoms in total. The van der Waals surface area contributed by atoms with Crippen LogP contribution in [0.25, 0.3) is 12.2 Å². The second-order valence-electron chi connectivity index (χ2n) is 6.82. The lowest BCUT2D eigenvalue weighted by atomic mass is 10.1. The number of benzene rings is 2. The zero-order valence-corrected chi connectivity index (χ0v) is 17.9. The Labute approximate surface area is 173 Å². The van der Waals surface area contributed by atoms with Crippen LogP contribution >= 0.6 is 0 Å². The quantitative estimate of drug-likeness (QED) is 0.487. The molecular weight excluding hydrogens is 384 g/mol. The highest BCUT2D eigenvalue weighted by atomic mass is 32.2. The lowest BCUT2D eigenvalue weighted by Gasteiger charge is -2.11. The molecule has 2 aromatic carbocycles. The summed E-state index contributed by atoms with van der Waals surface area (Å²) in [4.78, 5) is 1.92. The van der Waals surface area contributed by atoms with Crippen LogP contribution in [0.2, 0.25) is 0 Å². The van der Waals surface area contributed by atoms with Crippen LogP contribution in [-0.2, 0) is 17.2 Å². The molecule has 0 aliphatic rings. The van der Waals surface area contributed by atoms with Gasteiger partial charge in [0.05, 0.1) is 4.90 Å². The molecule has 1 aromatic heterocycles. The highest BCUT2D eigenvalue weighted by Gasteiger charge is 1.99. The molecule has 0 spiro atoms. The largest absolute Gasteiger partial charge is 0.744 e. The molecule has 0 aliphatic carbocycles. The molecule has 0 fully saturated rings. The van der Waals surface area contributed by atoms with Crippen molar-refractivity contribution in [2.24, 2.45) is 7.05 Å². The van der Waals surface area contributed by atoms with Gasteiger partial charge in [-0.1, -0.05) is 29.8 Å². The summed E-state index contributed by atoms with van der Waals surface area (Å²) in [6.45, 7) is 1.82. The van der Waals surface area contributed by atoms with Crippen molar-refractivity contribution < 1.29 is 17.5 Å². The average molecular weight is 411 g/mol. The first kappa shape index (κ1) is 22.3. The molecule has 0 saturated heterocycles. The fraction of sp³-hybridized carbons (Fsp3) is 0.174. The first-order valence-corrected chi connectivity index (χ1v) is 10.5. The van der Waals surface area contributed by atoms with Crippen LogP contribution < -0.4 is 9.47 Å². The van der Waals surface area contributed by atoms with Gasteiger partial charge in [0.15, 0.2) is 6.20 Å². The summed E-state index contributed by atoms with van der Waals surface area (Å²) in [7, 11) is 1.88. The maximum Gasteiger partial charge on any atom is 0.204 e. The smallest absolute Gasteiger partial charge is 0.204 e. The van der Waals surface area contributed by atoms with Crippen molar-refractivity contribution in [3.63, 3.8) is 0 Å². The van der Waals surface area contributed by atoms with Gasteiger partial charge in [-0.3, -0.25) is 0 Å². The first-order chi connectivity index (χ1) is 13.7. The summed E-state index contributed by atoms with van der Waals surface area (Å²) in [6, 6.07) is 20.5. The molecule has 0 saturated carbocycles. The topological polar surface area (TPSA) is 64.3 Å². The zero-order valence-electron chi connectivity index (χ0n) is 17.1. The fourth-order valence-corrected chi connectivity index (χ4v) is 2.95. The predicted octanol–water partition coefficient (Wildman–Crippen LogP) is 3.65. The molecule has 1 heterocycles. The van der Waals surface area contributed by atoms with E-state index in [2.05, 4.69) is 85.4 Å². The Morgan fingerprint density at radius 1 is 0.897 bits per heavy atom. The number of pyridine rings is 1. The molecule has 0 N–H and O–H groups in total. The van der Waals surface area contributed by atoms with Gasteiger partial charge in [0.25, 0.3) is 0 Å². The molecule has 0 unspecified atom stereocenters. The summed E-state index contributed by atoms with van der Waals surface area (Å²) in [5.74, 6) is 0. The minimum Gasteiger partial charge on any atom is -0.744 e. The minimum absolute atomic E-state index is 0.178. The summed E-state index contributed by atoms with van der Waals surface area (Å²) in [5.41, 5.74) is 4.55. The normalized spacial score (nSPS) is 11.1. The van der Waals surface area contributed by atoms with Crippen LogP contribution in [0.4, 0.5) is 5.69 Å². The molecule has 0 amide bonds. The van der Waals surface area contributed by atoms with Crippen LogP contribution in [0.1, 0.15) is 16.8 Å². The van der Waals surface area contributed by atoms with Gasteiger partial charge < -0.3 is 9.45 Å². The molecule has 0 bridgehead atoms. The van der Waals surface area contributed by atoms with Crippen LogP contribution in [0, 0.1) is 6.92 Å². The van der Waals surface area contributed by atoms with E-state index >= 15 is 0 Å². The van der Waals surface area contributed by atoms with E-state index in [0.717, 1.165) is 5.56 Å². The molecule has 0 radical (unpaired) electrons. The first-order valence-electron chi connectivity index (χ1n) is 9.09. The monoisotopic (exact) mass is 410 g/mol.